The fourth-order valence-corrected chi connectivity index (χ4v) is 4.68. The van der Waals surface area contributed by atoms with E-state index >= 15 is 0 Å². The number of nitrogens with zero attached hydrogens (tertiary/aromatic N) is 3. The lowest BCUT2D eigenvalue weighted by molar-refractivity contribution is 0.0739. The summed E-state index contributed by atoms with van der Waals surface area (Å²) in [5.41, 5.74) is 3.79. The van der Waals surface area contributed by atoms with E-state index in [-0.39, 0.29) is 6.10 Å². The number of fused-ring (bicyclic) bond motifs is 1. The maximum atomic E-state index is 12.7. The number of hydrogen-bond acceptors (Lipinski definition) is 7. The highest BCUT2D eigenvalue weighted by molar-refractivity contribution is 5.92. The van der Waals surface area contributed by atoms with E-state index < -0.39 is 6.09 Å². The van der Waals surface area contributed by atoms with Crippen molar-refractivity contribution in [1.29, 1.82) is 5.26 Å². The number of aryl methyl sites for hydroxylation is 1. The molecule has 0 bridgehead atoms. The molecule has 38 heavy (non-hydrogen) atoms. The van der Waals surface area contributed by atoms with Crippen LogP contribution in [0.5, 0.6) is 11.5 Å². The number of nitriles is 1. The molecule has 194 valence electrons. The Morgan fingerprint density at radius 1 is 1.18 bits per heavy atom. The third kappa shape index (κ3) is 5.56. The van der Waals surface area contributed by atoms with E-state index in [9.17, 15) is 10.1 Å². The number of hydrogen-bond donors (Lipinski definition) is 3. The van der Waals surface area contributed by atoms with Crippen molar-refractivity contribution in [2.75, 3.05) is 23.7 Å². The molecule has 0 spiro atoms. The van der Waals surface area contributed by atoms with E-state index in [0.717, 1.165) is 42.9 Å². The number of amides is 1. The summed E-state index contributed by atoms with van der Waals surface area (Å²) in [7, 11) is 0. The summed E-state index contributed by atoms with van der Waals surface area (Å²) < 4.78 is 13.2. The maximum Gasteiger partial charge on any atom is 0.411 e. The first kappa shape index (κ1) is 25.1. The molecule has 0 aliphatic carbocycles. The number of carbonyl (C=O) groups excluding carboxylic acids is 1. The number of anilines is 3. The quantitative estimate of drug-likeness (QED) is 0.280. The lowest BCUT2D eigenvalue weighted by Crippen LogP contribution is -2.38. The Morgan fingerprint density at radius 2 is 1.95 bits per heavy atom. The van der Waals surface area contributed by atoms with Crippen LogP contribution in [0.4, 0.5) is 21.9 Å². The molecule has 3 heterocycles. The number of carbonyl (C=O) groups is 1. The Bertz CT molecular complexity index is 1450. The number of rotatable bonds is 7. The van der Waals surface area contributed by atoms with Crippen molar-refractivity contribution in [3.05, 3.63) is 78.1 Å². The second-order valence-electron chi connectivity index (χ2n) is 9.41. The highest BCUT2D eigenvalue weighted by Gasteiger charge is 2.24. The van der Waals surface area contributed by atoms with Gasteiger partial charge in [-0.25, -0.2) is 9.31 Å². The molecule has 0 radical (unpaired) electrons. The number of ether oxygens (including phenoxy) is 2. The zero-order valence-electron chi connectivity index (χ0n) is 21.4. The van der Waals surface area contributed by atoms with Crippen molar-refractivity contribution >= 4 is 28.7 Å². The van der Waals surface area contributed by atoms with Gasteiger partial charge in [-0.2, -0.15) is 10.4 Å². The highest BCUT2D eigenvalue weighted by Crippen LogP contribution is 2.33. The molecule has 1 aliphatic heterocycles. The largest absolute Gasteiger partial charge is 0.457 e. The van der Waals surface area contributed by atoms with Crippen LogP contribution >= 0.6 is 0 Å². The number of piperidine rings is 1. The van der Waals surface area contributed by atoms with Gasteiger partial charge >= 0.3 is 6.09 Å². The van der Waals surface area contributed by atoms with Gasteiger partial charge in [-0.1, -0.05) is 18.2 Å². The van der Waals surface area contributed by atoms with Crippen LogP contribution in [0.25, 0.3) is 5.52 Å². The van der Waals surface area contributed by atoms with E-state index in [1.165, 1.54) is 6.20 Å². The lowest BCUT2D eigenvalue weighted by atomic mass is 9.95. The summed E-state index contributed by atoms with van der Waals surface area (Å²) in [6, 6.07) is 19.2. The third-order valence-corrected chi connectivity index (χ3v) is 6.81. The number of aromatic nitrogens is 2. The molecule has 2 aromatic heterocycles. The molecular formula is C29H30N6O3. The molecule has 5 rings (SSSR count). The van der Waals surface area contributed by atoms with Crippen LogP contribution in [0.2, 0.25) is 0 Å². The van der Waals surface area contributed by atoms with Crippen molar-refractivity contribution < 1.29 is 14.3 Å². The first-order valence-corrected chi connectivity index (χ1v) is 12.7. The number of para-hydroxylation sites is 1. The molecule has 1 amide bonds. The van der Waals surface area contributed by atoms with Gasteiger partial charge in [0, 0.05) is 23.7 Å². The summed E-state index contributed by atoms with van der Waals surface area (Å²) in [4.78, 5) is 12.7. The fourth-order valence-electron chi connectivity index (χ4n) is 4.68. The normalized spacial score (nSPS) is 15.9. The standard InChI is InChI=1S/C29H30N6O3/c1-19-26(34-29(36)37-20(2)21-7-6-14-31-16-21)18-35-28(19)27(22(15-30)17-32-35)33-23-10-12-25(13-11-23)38-24-8-4-3-5-9-24/h3-5,8-13,17-18,20-21,31,33H,6-7,14,16H2,1-2H3,(H,34,36). The van der Waals surface area contributed by atoms with Gasteiger partial charge in [0.25, 0.3) is 0 Å². The smallest absolute Gasteiger partial charge is 0.411 e. The fraction of sp³-hybridized carbons (Fsp3) is 0.276. The molecule has 9 nitrogen and oxygen atoms in total. The first-order chi connectivity index (χ1) is 18.5. The van der Waals surface area contributed by atoms with Gasteiger partial charge in [0.15, 0.2) is 0 Å². The van der Waals surface area contributed by atoms with E-state index in [0.29, 0.717) is 34.1 Å². The molecule has 2 atom stereocenters. The van der Waals surface area contributed by atoms with Crippen LogP contribution in [0, 0.1) is 24.2 Å². The van der Waals surface area contributed by atoms with Crippen LogP contribution in [0.15, 0.2) is 67.0 Å². The van der Waals surface area contributed by atoms with Crippen molar-refractivity contribution in [2.45, 2.75) is 32.8 Å². The third-order valence-electron chi connectivity index (χ3n) is 6.81. The number of benzene rings is 2. The zero-order chi connectivity index (χ0) is 26.5. The predicted molar refractivity (Wildman–Crippen MR) is 146 cm³/mol. The Hall–Kier alpha value is -4.55. The van der Waals surface area contributed by atoms with Gasteiger partial charge in [-0.05, 0) is 69.6 Å². The van der Waals surface area contributed by atoms with Crippen molar-refractivity contribution in [1.82, 2.24) is 14.9 Å². The molecule has 1 aliphatic rings. The van der Waals surface area contributed by atoms with E-state index in [4.69, 9.17) is 9.47 Å². The maximum absolute atomic E-state index is 12.7. The predicted octanol–water partition coefficient (Wildman–Crippen LogP) is 5.99. The van der Waals surface area contributed by atoms with E-state index in [1.54, 1.807) is 10.7 Å². The molecule has 3 N–H and O–H groups in total. The molecule has 2 unspecified atom stereocenters. The van der Waals surface area contributed by atoms with Crippen LogP contribution in [0.3, 0.4) is 0 Å². The zero-order valence-corrected chi connectivity index (χ0v) is 21.4. The Labute approximate surface area is 221 Å². The van der Waals surface area contributed by atoms with Gasteiger partial charge < -0.3 is 20.1 Å². The van der Waals surface area contributed by atoms with Gasteiger partial charge in [0.1, 0.15) is 23.7 Å². The van der Waals surface area contributed by atoms with Gasteiger partial charge in [-0.15, -0.1) is 0 Å². The lowest BCUT2D eigenvalue weighted by Gasteiger charge is -2.27. The Morgan fingerprint density at radius 3 is 2.66 bits per heavy atom. The topological polar surface area (TPSA) is 113 Å². The summed E-state index contributed by atoms with van der Waals surface area (Å²) in [6.45, 7) is 5.66. The summed E-state index contributed by atoms with van der Waals surface area (Å²) in [6.07, 6.45) is 4.63. The molecule has 1 fully saturated rings. The second kappa shape index (κ2) is 11.2. The van der Waals surface area contributed by atoms with Crippen LogP contribution in [-0.2, 0) is 4.74 Å². The average molecular weight is 511 g/mol. The van der Waals surface area contributed by atoms with E-state index in [1.807, 2.05) is 68.4 Å². The molecule has 9 heteroatoms. The molecular weight excluding hydrogens is 480 g/mol. The summed E-state index contributed by atoms with van der Waals surface area (Å²) >= 11 is 0. The average Bonchev–Trinajstić information content (AvgIpc) is 3.26. The van der Waals surface area contributed by atoms with Crippen molar-refractivity contribution in [2.24, 2.45) is 5.92 Å². The van der Waals surface area contributed by atoms with Crippen molar-refractivity contribution in [3.63, 3.8) is 0 Å². The SMILES string of the molecule is Cc1c(NC(=O)OC(C)C2CCCNC2)cn2ncc(C#N)c(Nc3ccc(Oc4ccccc4)cc3)c12. The Kier molecular flexibility index (Phi) is 7.43. The van der Waals surface area contributed by atoms with Gasteiger partial charge in [0.05, 0.1) is 34.8 Å². The van der Waals surface area contributed by atoms with Crippen LogP contribution in [0.1, 0.15) is 30.9 Å². The summed E-state index contributed by atoms with van der Waals surface area (Å²) in [5.74, 6) is 1.75. The van der Waals surface area contributed by atoms with E-state index in [2.05, 4.69) is 27.1 Å². The second-order valence-corrected chi connectivity index (χ2v) is 9.41. The molecule has 2 aromatic carbocycles. The molecule has 4 aromatic rings. The molecule has 0 saturated carbocycles. The summed E-state index contributed by atoms with van der Waals surface area (Å²) in [5, 5.41) is 23.7. The minimum absolute atomic E-state index is 0.200. The van der Waals surface area contributed by atoms with Crippen molar-refractivity contribution in [3.8, 4) is 17.6 Å². The minimum atomic E-state index is -0.508. The van der Waals surface area contributed by atoms with Crippen LogP contribution in [-0.4, -0.2) is 34.9 Å². The van der Waals surface area contributed by atoms with Gasteiger partial charge in [-0.3, -0.25) is 5.32 Å². The highest BCUT2D eigenvalue weighted by atomic mass is 16.6. The first-order valence-electron chi connectivity index (χ1n) is 12.7. The monoisotopic (exact) mass is 510 g/mol. The molecule has 1 saturated heterocycles. The van der Waals surface area contributed by atoms with Crippen LogP contribution < -0.4 is 20.7 Å². The van der Waals surface area contributed by atoms with Gasteiger partial charge in [0.2, 0.25) is 0 Å². The Balaban J connectivity index is 1.34. The number of nitrogens with one attached hydrogen (secondary N) is 3. The minimum Gasteiger partial charge on any atom is -0.457 e.